The molecule has 0 fully saturated rings. The Hall–Kier alpha value is 0.430. The fourth-order valence-corrected chi connectivity index (χ4v) is 8.60. The van der Waals surface area contributed by atoms with Crippen molar-refractivity contribution in [2.24, 2.45) is 17.8 Å². The average Bonchev–Trinajstić information content (AvgIpc) is 1.76. The van der Waals surface area contributed by atoms with Crippen molar-refractivity contribution in [1.29, 1.82) is 0 Å². The van der Waals surface area contributed by atoms with Gasteiger partial charge in [-0.15, -0.1) is 7.26 Å². The van der Waals surface area contributed by atoms with Gasteiger partial charge in [0.25, 0.3) is 0 Å². The van der Waals surface area contributed by atoms with Gasteiger partial charge in [0.1, 0.15) is 0 Å². The highest BCUT2D eigenvalue weighted by Gasteiger charge is 2.24. The lowest BCUT2D eigenvalue weighted by Crippen LogP contribution is -2.16. The molecule has 0 N–H and O–H groups in total. The Labute approximate surface area is 92.2 Å². The van der Waals surface area contributed by atoms with Crippen LogP contribution in [0.2, 0.25) is 0 Å². The number of hydrogen-bond donors (Lipinski definition) is 0. The molecule has 0 aliphatic rings. The molecule has 0 heterocycles. The van der Waals surface area contributed by atoms with Crippen molar-refractivity contribution in [2.75, 3.05) is 25.2 Å². The molecule has 0 bridgehead atoms. The molecule has 0 unspecified atom stereocenters. The first-order valence-electron chi connectivity index (χ1n) is 6.08. The van der Waals surface area contributed by atoms with Gasteiger partial charge in [-0.25, -0.2) is 0 Å². The van der Waals surface area contributed by atoms with E-state index in [1.807, 2.05) is 0 Å². The van der Waals surface area contributed by atoms with Crippen LogP contribution >= 0.6 is 7.26 Å². The fraction of sp³-hybridized carbons (Fsp3) is 1.00. The summed E-state index contributed by atoms with van der Waals surface area (Å²) in [6.45, 7) is 16.8. The molecule has 0 aliphatic carbocycles. The minimum Gasteiger partial charge on any atom is -0.127 e. The third-order valence-corrected chi connectivity index (χ3v) is 7.25. The van der Waals surface area contributed by atoms with E-state index in [1.54, 1.807) is 0 Å². The second kappa shape index (κ2) is 6.11. The van der Waals surface area contributed by atoms with Crippen LogP contribution in [0, 0.1) is 17.8 Å². The molecule has 0 spiro atoms. The van der Waals surface area contributed by atoms with E-state index >= 15 is 0 Å². The van der Waals surface area contributed by atoms with Gasteiger partial charge in [0, 0.05) is 0 Å². The molecule has 14 heavy (non-hydrogen) atoms. The van der Waals surface area contributed by atoms with Gasteiger partial charge in [0.15, 0.2) is 0 Å². The third kappa shape index (κ3) is 6.82. The SMILES string of the molecule is CC(C)C[P](C)(CC(C)C)CC(C)C. The summed E-state index contributed by atoms with van der Waals surface area (Å²) < 4.78 is 0. The molecular formula is C13H30P. The second-order valence-corrected chi connectivity index (χ2v) is 10.7. The van der Waals surface area contributed by atoms with Gasteiger partial charge in [-0.1, -0.05) is 41.5 Å². The number of hydrogen-bond acceptors (Lipinski definition) is 0. The largest absolute Gasteiger partial charge is 0.127 e. The van der Waals surface area contributed by atoms with Gasteiger partial charge in [-0.2, -0.15) is 0 Å². The van der Waals surface area contributed by atoms with E-state index in [4.69, 9.17) is 0 Å². The Balaban J connectivity index is 4.32. The zero-order valence-electron chi connectivity index (χ0n) is 11.3. The quantitative estimate of drug-likeness (QED) is 0.570. The van der Waals surface area contributed by atoms with E-state index in [0.29, 0.717) is 0 Å². The lowest BCUT2D eigenvalue weighted by molar-refractivity contribution is 0.687. The molecule has 0 rings (SSSR count). The maximum atomic E-state index is 2.59. The Morgan fingerprint density at radius 1 is 0.643 bits per heavy atom. The molecule has 0 atom stereocenters. The highest BCUT2D eigenvalue weighted by atomic mass is 31.2. The Kier molecular flexibility index (Phi) is 6.30. The molecule has 0 amide bonds. The summed E-state index contributed by atoms with van der Waals surface area (Å²) in [6, 6.07) is 0. The highest BCUT2D eigenvalue weighted by Crippen LogP contribution is 2.58. The normalized spacial score (nSPS) is 13.3. The molecular weight excluding hydrogens is 187 g/mol. The van der Waals surface area contributed by atoms with Crippen LogP contribution in [0.5, 0.6) is 0 Å². The Morgan fingerprint density at radius 3 is 1.00 bits per heavy atom. The van der Waals surface area contributed by atoms with Crippen molar-refractivity contribution >= 4 is 7.26 Å². The van der Waals surface area contributed by atoms with Crippen LogP contribution < -0.4 is 0 Å². The lowest BCUT2D eigenvalue weighted by atomic mass is 10.3. The van der Waals surface area contributed by atoms with Gasteiger partial charge < -0.3 is 0 Å². The van der Waals surface area contributed by atoms with E-state index in [-0.39, 0.29) is 0 Å². The van der Waals surface area contributed by atoms with E-state index in [2.05, 4.69) is 48.2 Å². The molecule has 1 heteroatoms. The average molecular weight is 217 g/mol. The standard InChI is InChI=1S/C13H30P/c1-11(2)8-14(7,9-12(3)4)10-13(5)6/h11-13H,8-10H2,1-7H3. The molecule has 0 nitrogen and oxygen atoms in total. The fourth-order valence-electron chi connectivity index (χ4n) is 2.87. The van der Waals surface area contributed by atoms with E-state index in [9.17, 15) is 0 Å². The first kappa shape index (κ1) is 14.4. The van der Waals surface area contributed by atoms with Gasteiger partial charge in [0.05, 0.1) is 0 Å². The van der Waals surface area contributed by atoms with Crippen LogP contribution in [-0.2, 0) is 0 Å². The summed E-state index contributed by atoms with van der Waals surface area (Å²) in [5, 5.41) is 0. The maximum Gasteiger partial charge on any atom is -0.0338 e. The molecule has 0 saturated heterocycles. The van der Waals surface area contributed by atoms with Crippen molar-refractivity contribution in [3.63, 3.8) is 0 Å². The molecule has 87 valence electrons. The van der Waals surface area contributed by atoms with Crippen molar-refractivity contribution in [2.45, 2.75) is 41.5 Å². The Morgan fingerprint density at radius 2 is 0.857 bits per heavy atom. The molecule has 0 aromatic carbocycles. The molecule has 0 aromatic rings. The summed E-state index contributed by atoms with van der Waals surface area (Å²) in [6.07, 6.45) is 4.47. The van der Waals surface area contributed by atoms with Crippen LogP contribution in [0.25, 0.3) is 0 Å². The first-order valence-corrected chi connectivity index (χ1v) is 8.88. The highest BCUT2D eigenvalue weighted by molar-refractivity contribution is 7.75. The predicted octanol–water partition coefficient (Wildman–Crippen LogP) is 4.60. The second-order valence-electron chi connectivity index (χ2n) is 6.35. The van der Waals surface area contributed by atoms with Crippen LogP contribution in [0.4, 0.5) is 0 Å². The van der Waals surface area contributed by atoms with E-state index in [0.717, 1.165) is 17.8 Å². The smallest absolute Gasteiger partial charge is 0.0338 e. The summed E-state index contributed by atoms with van der Waals surface area (Å²) in [7, 11) is -0.638. The minimum absolute atomic E-state index is 0.638. The third-order valence-electron chi connectivity index (χ3n) is 2.42. The van der Waals surface area contributed by atoms with Gasteiger partial charge in [0.2, 0.25) is 0 Å². The summed E-state index contributed by atoms with van der Waals surface area (Å²) in [5.74, 6) is 2.64. The molecule has 0 aromatic heterocycles. The molecule has 0 saturated carbocycles. The zero-order valence-corrected chi connectivity index (χ0v) is 12.2. The zero-order chi connectivity index (χ0) is 11.4. The van der Waals surface area contributed by atoms with Crippen LogP contribution in [0.1, 0.15) is 41.5 Å². The van der Waals surface area contributed by atoms with Crippen LogP contribution in [0.3, 0.4) is 0 Å². The van der Waals surface area contributed by atoms with Crippen molar-refractivity contribution in [1.82, 2.24) is 0 Å². The summed E-state index contributed by atoms with van der Waals surface area (Å²) >= 11 is 0. The Bertz CT molecular complexity index is 121. The van der Waals surface area contributed by atoms with E-state index < -0.39 is 7.26 Å². The van der Waals surface area contributed by atoms with Gasteiger partial charge in [-0.3, -0.25) is 0 Å². The predicted molar refractivity (Wildman–Crippen MR) is 72.0 cm³/mol. The maximum absolute atomic E-state index is 2.59. The van der Waals surface area contributed by atoms with Gasteiger partial charge >= 0.3 is 0 Å². The molecule has 1 radical (unpaired) electrons. The molecule has 0 aliphatic heterocycles. The summed E-state index contributed by atoms with van der Waals surface area (Å²) in [4.78, 5) is 0. The first-order chi connectivity index (χ1) is 6.25. The van der Waals surface area contributed by atoms with Crippen molar-refractivity contribution in [3.8, 4) is 0 Å². The van der Waals surface area contributed by atoms with E-state index in [1.165, 1.54) is 18.5 Å². The van der Waals surface area contributed by atoms with Crippen molar-refractivity contribution in [3.05, 3.63) is 0 Å². The number of rotatable bonds is 6. The van der Waals surface area contributed by atoms with Crippen LogP contribution in [0.15, 0.2) is 0 Å². The topological polar surface area (TPSA) is 0 Å². The summed E-state index contributed by atoms with van der Waals surface area (Å²) in [5.41, 5.74) is 0. The minimum atomic E-state index is -0.638. The lowest BCUT2D eigenvalue weighted by Gasteiger charge is -2.37. The van der Waals surface area contributed by atoms with Gasteiger partial charge in [-0.05, 0) is 42.9 Å². The van der Waals surface area contributed by atoms with Crippen molar-refractivity contribution < 1.29 is 0 Å². The van der Waals surface area contributed by atoms with Crippen LogP contribution in [-0.4, -0.2) is 25.2 Å². The monoisotopic (exact) mass is 217 g/mol.